The lowest BCUT2D eigenvalue weighted by atomic mass is 10.4. The molecule has 3 nitrogen and oxygen atoms in total. The second-order valence-electron chi connectivity index (χ2n) is 2.35. The third kappa shape index (κ3) is 4.29. The lowest BCUT2D eigenvalue weighted by Gasteiger charge is -2.16. The summed E-state index contributed by atoms with van der Waals surface area (Å²) in [7, 11) is 0. The van der Waals surface area contributed by atoms with E-state index in [1.165, 1.54) is 0 Å². The third-order valence-corrected chi connectivity index (χ3v) is 1.74. The van der Waals surface area contributed by atoms with Gasteiger partial charge in [-0.05, 0) is 12.8 Å². The van der Waals surface area contributed by atoms with Crippen LogP contribution >= 0.6 is 0 Å². The van der Waals surface area contributed by atoms with Crippen molar-refractivity contribution in [1.82, 2.24) is 4.90 Å². The first-order valence-corrected chi connectivity index (χ1v) is 4.61. The van der Waals surface area contributed by atoms with Crippen LogP contribution in [0.1, 0.15) is 26.7 Å². The Morgan fingerprint density at radius 2 is 1.82 bits per heavy atom. The van der Waals surface area contributed by atoms with Gasteiger partial charge in [-0.2, -0.15) is 0 Å². The number of aliphatic hydroxyl groups is 1. The zero-order valence-corrected chi connectivity index (χ0v) is 7.86. The van der Waals surface area contributed by atoms with E-state index < -0.39 is 0 Å². The Balaban J connectivity index is 3.97. The van der Waals surface area contributed by atoms with Crippen molar-refractivity contribution in [2.24, 2.45) is 0 Å². The Hall–Kier alpha value is -0.190. The van der Waals surface area contributed by atoms with Gasteiger partial charge in [0.1, 0.15) is 11.3 Å². The molecule has 0 bridgehead atoms. The van der Waals surface area contributed by atoms with Crippen LogP contribution in [-0.4, -0.2) is 32.5 Å². The van der Waals surface area contributed by atoms with E-state index >= 15 is 0 Å². The van der Waals surface area contributed by atoms with E-state index in [4.69, 9.17) is 5.11 Å². The highest BCUT2D eigenvalue weighted by molar-refractivity contribution is 7.65. The molecule has 0 amide bonds. The summed E-state index contributed by atoms with van der Waals surface area (Å²) in [6, 6.07) is 0. The molecule has 0 aliphatic heterocycles. The molecule has 0 radical (unpaired) electrons. The maximum absolute atomic E-state index is 10.2. The summed E-state index contributed by atoms with van der Waals surface area (Å²) in [5.74, 6) is 0. The Labute approximate surface area is 71.1 Å². The summed E-state index contributed by atoms with van der Waals surface area (Å²) in [6.07, 6.45) is 1.90. The molecule has 0 fully saturated rings. The van der Waals surface area contributed by atoms with Gasteiger partial charge >= 0.3 is 0 Å². The van der Waals surface area contributed by atoms with Crippen LogP contribution in [-0.2, 0) is 11.3 Å². The van der Waals surface area contributed by atoms with Crippen LogP contribution < -0.4 is 0 Å². The highest BCUT2D eigenvalue weighted by Crippen LogP contribution is 1.92. The fraction of sp³-hybridized carbons (Fsp3) is 0.857. The average molecular weight is 177 g/mol. The number of aliphatic hydroxyl groups excluding tert-OH is 1. The van der Waals surface area contributed by atoms with Gasteiger partial charge in [-0.15, -0.1) is 0 Å². The number of hydrogen-bond donors (Lipinski definition) is 1. The minimum Gasteiger partial charge on any atom is -0.340 e. The van der Waals surface area contributed by atoms with Crippen LogP contribution in [0.2, 0.25) is 0 Å². The molecule has 0 atom stereocenters. The van der Waals surface area contributed by atoms with E-state index in [9.17, 15) is 4.21 Å². The molecule has 11 heavy (non-hydrogen) atoms. The summed E-state index contributed by atoms with van der Waals surface area (Å²) in [6.45, 7) is 5.56. The van der Waals surface area contributed by atoms with Crippen LogP contribution in [0.25, 0.3) is 0 Å². The lowest BCUT2D eigenvalue weighted by molar-refractivity contribution is 0.343. The first kappa shape index (κ1) is 10.8. The zero-order chi connectivity index (χ0) is 8.69. The van der Waals surface area contributed by atoms with Crippen molar-refractivity contribution in [2.75, 3.05) is 13.1 Å². The SMILES string of the molecule is CCCN(CCC)C(O)=S=O. The van der Waals surface area contributed by atoms with E-state index in [-0.39, 0.29) is 16.4 Å². The van der Waals surface area contributed by atoms with E-state index in [1.807, 2.05) is 13.8 Å². The number of rotatable bonds is 4. The monoisotopic (exact) mass is 177 g/mol. The molecule has 0 aliphatic carbocycles. The number of nitrogens with zero attached hydrogens (tertiary/aromatic N) is 1. The van der Waals surface area contributed by atoms with E-state index in [2.05, 4.69) is 0 Å². The predicted molar refractivity (Wildman–Crippen MR) is 47.9 cm³/mol. The van der Waals surface area contributed by atoms with Gasteiger partial charge in [-0.3, -0.25) is 0 Å². The van der Waals surface area contributed by atoms with Crippen LogP contribution in [0.15, 0.2) is 0 Å². The molecule has 0 unspecified atom stereocenters. The maximum Gasteiger partial charge on any atom is 0.216 e. The molecule has 66 valence electrons. The van der Waals surface area contributed by atoms with Crippen molar-refractivity contribution in [2.45, 2.75) is 26.7 Å². The van der Waals surface area contributed by atoms with Crippen LogP contribution in [0, 0.1) is 0 Å². The molecule has 4 heteroatoms. The van der Waals surface area contributed by atoms with Gasteiger partial charge in [-0.1, -0.05) is 13.8 Å². The summed E-state index contributed by atoms with van der Waals surface area (Å²) in [4.78, 5) is 1.71. The highest BCUT2D eigenvalue weighted by atomic mass is 32.1. The Kier molecular flexibility index (Phi) is 6.40. The van der Waals surface area contributed by atoms with Crippen molar-refractivity contribution in [1.29, 1.82) is 0 Å². The second-order valence-corrected chi connectivity index (χ2v) is 2.88. The predicted octanol–water partition coefficient (Wildman–Crippen LogP) is 0.967. The minimum absolute atomic E-state index is 0.103. The molecule has 0 aliphatic rings. The number of hydrogen-bond acceptors (Lipinski definition) is 1. The van der Waals surface area contributed by atoms with E-state index in [0.29, 0.717) is 0 Å². The quantitative estimate of drug-likeness (QED) is 0.650. The molecule has 0 aromatic carbocycles. The smallest absolute Gasteiger partial charge is 0.216 e. The van der Waals surface area contributed by atoms with Gasteiger partial charge in [0, 0.05) is 13.1 Å². The van der Waals surface area contributed by atoms with Crippen molar-refractivity contribution in [3.8, 4) is 0 Å². The zero-order valence-electron chi connectivity index (χ0n) is 7.04. The van der Waals surface area contributed by atoms with Gasteiger partial charge in [-0.25, -0.2) is 9.11 Å². The van der Waals surface area contributed by atoms with Crippen molar-refractivity contribution >= 4 is 16.4 Å². The molecule has 0 heterocycles. The summed E-state index contributed by atoms with van der Waals surface area (Å²) >= 11 is 0.161. The summed E-state index contributed by atoms with van der Waals surface area (Å²) in [5, 5.41) is 8.97. The molecular weight excluding hydrogens is 162 g/mol. The van der Waals surface area contributed by atoms with Crippen LogP contribution in [0.3, 0.4) is 0 Å². The highest BCUT2D eigenvalue weighted by Gasteiger charge is 2.06. The first-order chi connectivity index (χ1) is 5.26. The van der Waals surface area contributed by atoms with Gasteiger partial charge in [0.2, 0.25) is 5.17 Å². The molecule has 0 aromatic rings. The van der Waals surface area contributed by atoms with Crippen LogP contribution in [0.4, 0.5) is 0 Å². The topological polar surface area (TPSA) is 40.5 Å². The third-order valence-electron chi connectivity index (χ3n) is 1.33. The molecule has 1 N–H and O–H groups in total. The molecular formula is C7H15NO2S. The molecule has 0 rings (SSSR count). The molecule has 0 saturated carbocycles. The average Bonchev–Trinajstić information content (AvgIpc) is 2.03. The molecule has 0 spiro atoms. The van der Waals surface area contributed by atoms with Gasteiger partial charge in [0.05, 0.1) is 0 Å². The Morgan fingerprint density at radius 1 is 1.36 bits per heavy atom. The van der Waals surface area contributed by atoms with Gasteiger partial charge in [0.25, 0.3) is 0 Å². The van der Waals surface area contributed by atoms with E-state index in [0.717, 1.165) is 25.9 Å². The Bertz CT molecular complexity index is 149. The van der Waals surface area contributed by atoms with Crippen LogP contribution in [0.5, 0.6) is 0 Å². The minimum atomic E-state index is -0.103. The Morgan fingerprint density at radius 3 is 2.09 bits per heavy atom. The second kappa shape index (κ2) is 6.52. The van der Waals surface area contributed by atoms with Crippen molar-refractivity contribution < 1.29 is 9.32 Å². The fourth-order valence-corrected chi connectivity index (χ4v) is 1.18. The fourth-order valence-electron chi connectivity index (χ4n) is 0.896. The van der Waals surface area contributed by atoms with Crippen molar-refractivity contribution in [3.05, 3.63) is 0 Å². The maximum atomic E-state index is 10.2. The molecule has 0 saturated heterocycles. The van der Waals surface area contributed by atoms with Crippen molar-refractivity contribution in [3.63, 3.8) is 0 Å². The molecule has 0 aromatic heterocycles. The summed E-state index contributed by atoms with van der Waals surface area (Å²) < 4.78 is 10.2. The standard InChI is InChI=1S/C7H15NO2S/c1-3-5-8(6-4-2)7(9)11-10/h9H,3-6H2,1-2H3. The summed E-state index contributed by atoms with van der Waals surface area (Å²) in [5.41, 5.74) is 0. The first-order valence-electron chi connectivity index (χ1n) is 3.86. The normalized spacial score (nSPS) is 10.2. The van der Waals surface area contributed by atoms with Gasteiger partial charge in [0.15, 0.2) is 0 Å². The largest absolute Gasteiger partial charge is 0.340 e. The van der Waals surface area contributed by atoms with Gasteiger partial charge < -0.3 is 5.11 Å². The lowest BCUT2D eigenvalue weighted by Crippen LogP contribution is -2.32. The van der Waals surface area contributed by atoms with E-state index in [1.54, 1.807) is 4.90 Å².